The molecular formula is C23H26N4O2. The summed E-state index contributed by atoms with van der Waals surface area (Å²) < 4.78 is 0. The molecular weight excluding hydrogens is 364 g/mol. The van der Waals surface area contributed by atoms with Crippen molar-refractivity contribution in [1.82, 2.24) is 20.0 Å². The Kier molecular flexibility index (Phi) is 4.60. The van der Waals surface area contributed by atoms with Crippen LogP contribution >= 0.6 is 0 Å². The molecule has 0 spiro atoms. The molecule has 1 fully saturated rings. The number of fused-ring (bicyclic) bond motifs is 2. The number of hydrogen-bond donors (Lipinski definition) is 2. The standard InChI is InChI=1S/C23H26N4O2/c1-26-10-9-20-19(13-26)22(25-24-20)23(29)27-11-8-18(21(28)14-27)17-7-6-15-4-2-3-5-16(15)12-17/h2-7,12,18,21,28H,8-11,13-14H2,1H3,(H,24,25)/t18-,21+/m0/s1. The predicted octanol–water partition coefficient (Wildman–Crippen LogP) is 2.54. The van der Waals surface area contributed by atoms with Gasteiger partial charge in [0.05, 0.1) is 6.10 Å². The van der Waals surface area contributed by atoms with Crippen LogP contribution in [-0.4, -0.2) is 63.8 Å². The van der Waals surface area contributed by atoms with Gasteiger partial charge in [0.1, 0.15) is 0 Å². The van der Waals surface area contributed by atoms with Crippen molar-refractivity contribution in [3.05, 3.63) is 65.0 Å². The van der Waals surface area contributed by atoms with Gasteiger partial charge in [-0.3, -0.25) is 9.89 Å². The van der Waals surface area contributed by atoms with Gasteiger partial charge in [-0.15, -0.1) is 0 Å². The van der Waals surface area contributed by atoms with Gasteiger partial charge in [0.2, 0.25) is 0 Å². The molecule has 29 heavy (non-hydrogen) atoms. The maximum Gasteiger partial charge on any atom is 0.274 e. The number of benzene rings is 2. The molecule has 3 heterocycles. The lowest BCUT2D eigenvalue weighted by Gasteiger charge is -2.36. The zero-order chi connectivity index (χ0) is 20.0. The monoisotopic (exact) mass is 390 g/mol. The van der Waals surface area contributed by atoms with Crippen LogP contribution in [0.1, 0.15) is 39.6 Å². The fourth-order valence-electron chi connectivity index (χ4n) is 4.70. The van der Waals surface area contributed by atoms with E-state index in [2.05, 4.69) is 52.5 Å². The lowest BCUT2D eigenvalue weighted by Crippen LogP contribution is -2.46. The second kappa shape index (κ2) is 7.28. The first-order valence-corrected chi connectivity index (χ1v) is 10.3. The van der Waals surface area contributed by atoms with Gasteiger partial charge in [0.25, 0.3) is 5.91 Å². The molecule has 0 saturated carbocycles. The lowest BCUT2D eigenvalue weighted by atomic mass is 9.86. The Labute approximate surface area is 170 Å². The number of aromatic amines is 1. The molecule has 2 aliphatic heterocycles. The van der Waals surface area contributed by atoms with Gasteiger partial charge in [-0.05, 0) is 29.8 Å². The summed E-state index contributed by atoms with van der Waals surface area (Å²) in [7, 11) is 2.06. The third kappa shape index (κ3) is 3.32. The van der Waals surface area contributed by atoms with Crippen molar-refractivity contribution in [3.8, 4) is 0 Å². The molecule has 2 aromatic carbocycles. The number of rotatable bonds is 2. The average Bonchev–Trinajstić information content (AvgIpc) is 3.15. The van der Waals surface area contributed by atoms with Crippen LogP contribution in [0.5, 0.6) is 0 Å². The smallest absolute Gasteiger partial charge is 0.274 e. The molecule has 0 unspecified atom stereocenters. The maximum atomic E-state index is 13.1. The Bertz CT molecular complexity index is 1060. The fraction of sp³-hybridized carbons (Fsp3) is 0.391. The van der Waals surface area contributed by atoms with E-state index >= 15 is 0 Å². The van der Waals surface area contributed by atoms with Crippen LogP contribution in [-0.2, 0) is 13.0 Å². The Morgan fingerprint density at radius 1 is 1.17 bits per heavy atom. The number of aliphatic hydroxyl groups is 1. The first-order chi connectivity index (χ1) is 14.1. The minimum Gasteiger partial charge on any atom is -0.391 e. The molecule has 6 nitrogen and oxygen atoms in total. The van der Waals surface area contributed by atoms with Crippen LogP contribution in [0.3, 0.4) is 0 Å². The summed E-state index contributed by atoms with van der Waals surface area (Å²) in [5, 5.41) is 20.6. The average molecular weight is 390 g/mol. The molecule has 6 heteroatoms. The Balaban J connectivity index is 1.33. The number of aliphatic hydroxyl groups excluding tert-OH is 1. The zero-order valence-electron chi connectivity index (χ0n) is 16.6. The van der Waals surface area contributed by atoms with Crippen LogP contribution < -0.4 is 0 Å². The number of likely N-dealkylation sites (tertiary alicyclic amines) is 1. The van der Waals surface area contributed by atoms with Gasteiger partial charge in [0, 0.05) is 49.8 Å². The van der Waals surface area contributed by atoms with Crippen molar-refractivity contribution in [1.29, 1.82) is 0 Å². The highest BCUT2D eigenvalue weighted by Gasteiger charge is 2.34. The summed E-state index contributed by atoms with van der Waals surface area (Å²) in [5.74, 6) is -0.0308. The number of nitrogens with one attached hydrogen (secondary N) is 1. The van der Waals surface area contributed by atoms with Crippen molar-refractivity contribution in [2.45, 2.75) is 31.4 Å². The fourth-order valence-corrected chi connectivity index (χ4v) is 4.70. The number of piperidine rings is 1. The van der Waals surface area contributed by atoms with E-state index in [4.69, 9.17) is 0 Å². The third-order valence-electron chi connectivity index (χ3n) is 6.40. The number of nitrogens with zero attached hydrogens (tertiary/aromatic N) is 3. The van der Waals surface area contributed by atoms with Gasteiger partial charge in [-0.1, -0.05) is 42.5 Å². The maximum absolute atomic E-state index is 13.1. The SMILES string of the molecule is CN1CCc2[nH]nc(C(=O)N3CC[C@@H](c4ccc5ccccc5c4)[C@H](O)C3)c2C1. The number of hydrogen-bond acceptors (Lipinski definition) is 4. The molecule has 1 saturated heterocycles. The highest BCUT2D eigenvalue weighted by molar-refractivity contribution is 5.94. The molecule has 3 aromatic rings. The van der Waals surface area contributed by atoms with Gasteiger partial charge < -0.3 is 14.9 Å². The second-order valence-electron chi connectivity index (χ2n) is 8.34. The molecule has 0 aliphatic carbocycles. The van der Waals surface area contributed by atoms with E-state index in [0.717, 1.165) is 42.8 Å². The number of aromatic nitrogens is 2. The van der Waals surface area contributed by atoms with Crippen molar-refractivity contribution in [2.24, 2.45) is 0 Å². The number of carbonyl (C=O) groups is 1. The second-order valence-corrected chi connectivity index (χ2v) is 8.34. The van der Waals surface area contributed by atoms with Crippen LogP contribution in [0.2, 0.25) is 0 Å². The first kappa shape index (κ1) is 18.3. The summed E-state index contributed by atoms with van der Waals surface area (Å²) in [6.07, 6.45) is 1.06. The Hall–Kier alpha value is -2.70. The number of amides is 1. The molecule has 1 amide bonds. The lowest BCUT2D eigenvalue weighted by molar-refractivity contribution is 0.0376. The zero-order valence-corrected chi connectivity index (χ0v) is 16.6. The quantitative estimate of drug-likeness (QED) is 0.705. The van der Waals surface area contributed by atoms with Crippen LogP contribution in [0.15, 0.2) is 42.5 Å². The Morgan fingerprint density at radius 2 is 2.00 bits per heavy atom. The van der Waals surface area contributed by atoms with Crippen molar-refractivity contribution in [3.63, 3.8) is 0 Å². The predicted molar refractivity (Wildman–Crippen MR) is 112 cm³/mol. The van der Waals surface area contributed by atoms with Gasteiger partial charge in [-0.2, -0.15) is 5.10 Å². The molecule has 0 bridgehead atoms. The topological polar surface area (TPSA) is 72.5 Å². The van der Waals surface area contributed by atoms with Crippen molar-refractivity contribution >= 4 is 16.7 Å². The van der Waals surface area contributed by atoms with Crippen LogP contribution in [0, 0.1) is 0 Å². The van der Waals surface area contributed by atoms with Crippen molar-refractivity contribution < 1.29 is 9.90 Å². The number of H-pyrrole nitrogens is 1. The molecule has 5 rings (SSSR count). The van der Waals surface area contributed by atoms with E-state index in [9.17, 15) is 9.90 Å². The van der Waals surface area contributed by atoms with E-state index in [1.165, 1.54) is 10.8 Å². The summed E-state index contributed by atoms with van der Waals surface area (Å²) in [4.78, 5) is 17.1. The van der Waals surface area contributed by atoms with E-state index in [1.807, 2.05) is 12.1 Å². The molecule has 150 valence electrons. The highest BCUT2D eigenvalue weighted by Crippen LogP contribution is 2.31. The largest absolute Gasteiger partial charge is 0.391 e. The summed E-state index contributed by atoms with van der Waals surface area (Å²) >= 11 is 0. The Morgan fingerprint density at radius 3 is 2.83 bits per heavy atom. The van der Waals surface area contributed by atoms with Gasteiger partial charge >= 0.3 is 0 Å². The summed E-state index contributed by atoms with van der Waals surface area (Å²) in [5.41, 5.74) is 3.73. The minimum atomic E-state index is -0.577. The van der Waals surface area contributed by atoms with Gasteiger partial charge in [0.15, 0.2) is 5.69 Å². The van der Waals surface area contributed by atoms with Crippen LogP contribution in [0.25, 0.3) is 10.8 Å². The number of carbonyl (C=O) groups excluding carboxylic acids is 1. The summed E-state index contributed by atoms with van der Waals surface area (Å²) in [6, 6.07) is 14.6. The van der Waals surface area contributed by atoms with Crippen molar-refractivity contribution in [2.75, 3.05) is 26.7 Å². The normalized spacial score (nSPS) is 22.6. The molecule has 2 atom stereocenters. The van der Waals surface area contributed by atoms with E-state index in [1.54, 1.807) is 4.90 Å². The molecule has 1 aromatic heterocycles. The molecule has 0 radical (unpaired) electrons. The van der Waals surface area contributed by atoms with E-state index in [0.29, 0.717) is 18.8 Å². The number of likely N-dealkylation sites (N-methyl/N-ethyl adjacent to an activating group) is 1. The van der Waals surface area contributed by atoms with Gasteiger partial charge in [-0.25, -0.2) is 0 Å². The van der Waals surface area contributed by atoms with E-state index < -0.39 is 6.10 Å². The minimum absolute atomic E-state index is 0.0443. The third-order valence-corrected chi connectivity index (χ3v) is 6.40. The number of β-amino-alcohol motifs (C(OH)–C–C–N with tert-alkyl or cyclic N) is 1. The van der Waals surface area contributed by atoms with Crippen LogP contribution in [0.4, 0.5) is 0 Å². The van der Waals surface area contributed by atoms with E-state index in [-0.39, 0.29) is 11.8 Å². The highest BCUT2D eigenvalue weighted by atomic mass is 16.3. The summed E-state index contributed by atoms with van der Waals surface area (Å²) in [6.45, 7) is 2.68. The molecule has 2 N–H and O–H groups in total. The molecule has 2 aliphatic rings. The first-order valence-electron chi connectivity index (χ1n) is 10.3.